The fraction of sp³-hybridized carbons (Fsp3) is 0.500. The summed E-state index contributed by atoms with van der Waals surface area (Å²) in [6.07, 6.45) is 0.0832. The van der Waals surface area contributed by atoms with Gasteiger partial charge in [-0.3, -0.25) is 14.4 Å². The van der Waals surface area contributed by atoms with E-state index < -0.39 is 41.6 Å². The molecule has 0 saturated carbocycles. The lowest BCUT2D eigenvalue weighted by Crippen LogP contribution is -2.54. The molecule has 9 nitrogen and oxygen atoms in total. The number of nitrogens with zero attached hydrogens (tertiary/aromatic N) is 1. The molecule has 2 aromatic rings. The number of hydrogen-bond acceptors (Lipinski definition) is 6. The van der Waals surface area contributed by atoms with Gasteiger partial charge in [0.25, 0.3) is 0 Å². The van der Waals surface area contributed by atoms with Crippen LogP contribution in [-0.4, -0.2) is 60.1 Å². The van der Waals surface area contributed by atoms with Gasteiger partial charge in [-0.05, 0) is 70.2 Å². The first-order chi connectivity index (χ1) is 19.4. The molecule has 3 amide bonds. The van der Waals surface area contributed by atoms with Crippen molar-refractivity contribution in [2.45, 2.75) is 85.4 Å². The number of amides is 3. The smallest absolute Gasteiger partial charge is 0.408 e. The van der Waals surface area contributed by atoms with Crippen molar-refractivity contribution >= 4 is 23.9 Å². The van der Waals surface area contributed by atoms with Crippen molar-refractivity contribution < 1.29 is 28.7 Å². The highest BCUT2D eigenvalue weighted by Gasteiger charge is 2.37. The number of hydrogen-bond donors (Lipinski definition) is 2. The number of benzene rings is 2. The summed E-state index contributed by atoms with van der Waals surface area (Å²) < 4.78 is 10.5. The largest absolute Gasteiger partial charge is 0.466 e. The van der Waals surface area contributed by atoms with E-state index in [2.05, 4.69) is 10.6 Å². The molecular formula is C32H45N3O6. The fourth-order valence-electron chi connectivity index (χ4n) is 4.61. The van der Waals surface area contributed by atoms with Crippen LogP contribution in [0.4, 0.5) is 4.79 Å². The van der Waals surface area contributed by atoms with E-state index in [9.17, 15) is 19.2 Å². The standard InChI is InChI=1S/C32H45N3O6/c1-8-20-35(30(38)25(21-24-16-11-10-12-17-24)34-31(39)41-32(5,6)7)28(27-22(3)14-13-15-23(27)4)29(37)33-19-18-26(36)40-9-2/h10-17,25,28H,8-9,18-21H2,1-7H3,(H,33,37)(H,34,39). The Hall–Kier alpha value is -3.88. The van der Waals surface area contributed by atoms with Gasteiger partial charge in [0.15, 0.2) is 0 Å². The Morgan fingerprint density at radius 1 is 0.927 bits per heavy atom. The van der Waals surface area contributed by atoms with Crippen LogP contribution in [0.3, 0.4) is 0 Å². The lowest BCUT2D eigenvalue weighted by Gasteiger charge is -2.35. The maximum Gasteiger partial charge on any atom is 0.408 e. The maximum absolute atomic E-state index is 14.3. The summed E-state index contributed by atoms with van der Waals surface area (Å²) >= 11 is 0. The Morgan fingerprint density at radius 3 is 2.12 bits per heavy atom. The van der Waals surface area contributed by atoms with E-state index in [1.165, 1.54) is 4.90 Å². The lowest BCUT2D eigenvalue weighted by molar-refractivity contribution is -0.144. The Balaban J connectivity index is 2.51. The van der Waals surface area contributed by atoms with Crippen molar-refractivity contribution in [2.75, 3.05) is 19.7 Å². The first-order valence-corrected chi connectivity index (χ1v) is 14.2. The Kier molecular flexibility index (Phi) is 12.8. The highest BCUT2D eigenvalue weighted by atomic mass is 16.6. The average molecular weight is 568 g/mol. The average Bonchev–Trinajstić information content (AvgIpc) is 2.88. The van der Waals surface area contributed by atoms with Gasteiger partial charge in [-0.25, -0.2) is 4.79 Å². The van der Waals surface area contributed by atoms with Crippen LogP contribution >= 0.6 is 0 Å². The molecule has 41 heavy (non-hydrogen) atoms. The highest BCUT2D eigenvalue weighted by Crippen LogP contribution is 2.29. The van der Waals surface area contributed by atoms with Crippen LogP contribution in [0.5, 0.6) is 0 Å². The summed E-state index contributed by atoms with van der Waals surface area (Å²) in [5.41, 5.74) is 2.50. The van der Waals surface area contributed by atoms with Gasteiger partial charge >= 0.3 is 12.1 Å². The van der Waals surface area contributed by atoms with E-state index in [1.807, 2.05) is 69.3 Å². The SMILES string of the molecule is CCCN(C(=O)C(Cc1ccccc1)NC(=O)OC(C)(C)C)C(C(=O)NCCC(=O)OCC)c1c(C)cccc1C. The second-order valence-electron chi connectivity index (χ2n) is 11.0. The van der Waals surface area contributed by atoms with Crippen LogP contribution in [0.1, 0.15) is 75.8 Å². The molecule has 9 heteroatoms. The Labute approximate surface area is 244 Å². The number of carbonyl (C=O) groups excluding carboxylic acids is 4. The Morgan fingerprint density at radius 2 is 1.56 bits per heavy atom. The number of alkyl carbamates (subject to hydrolysis) is 1. The number of nitrogens with one attached hydrogen (secondary N) is 2. The number of esters is 1. The number of rotatable bonds is 13. The summed E-state index contributed by atoms with van der Waals surface area (Å²) in [7, 11) is 0. The molecular weight excluding hydrogens is 522 g/mol. The van der Waals surface area contributed by atoms with Gasteiger partial charge in [-0.1, -0.05) is 55.5 Å². The van der Waals surface area contributed by atoms with Gasteiger partial charge in [0, 0.05) is 19.5 Å². The number of ether oxygens (including phenoxy) is 2. The molecule has 0 bridgehead atoms. The zero-order valence-corrected chi connectivity index (χ0v) is 25.4. The summed E-state index contributed by atoms with van der Waals surface area (Å²) in [5, 5.41) is 5.60. The molecule has 2 N–H and O–H groups in total. The van der Waals surface area contributed by atoms with Crippen molar-refractivity contribution in [1.82, 2.24) is 15.5 Å². The predicted molar refractivity (Wildman–Crippen MR) is 158 cm³/mol. The van der Waals surface area contributed by atoms with Crippen LogP contribution in [0.25, 0.3) is 0 Å². The molecule has 0 fully saturated rings. The second kappa shape index (κ2) is 15.8. The zero-order chi connectivity index (χ0) is 30.6. The summed E-state index contributed by atoms with van der Waals surface area (Å²) in [6, 6.07) is 13.1. The molecule has 2 atom stereocenters. The third-order valence-electron chi connectivity index (χ3n) is 6.33. The van der Waals surface area contributed by atoms with E-state index >= 15 is 0 Å². The molecule has 2 unspecified atom stereocenters. The monoisotopic (exact) mass is 567 g/mol. The summed E-state index contributed by atoms with van der Waals surface area (Å²) in [5.74, 6) is -1.23. The minimum Gasteiger partial charge on any atom is -0.466 e. The fourth-order valence-corrected chi connectivity index (χ4v) is 4.61. The van der Waals surface area contributed by atoms with E-state index in [0.29, 0.717) is 12.0 Å². The van der Waals surface area contributed by atoms with Crippen LogP contribution in [0.2, 0.25) is 0 Å². The quantitative estimate of drug-likeness (QED) is 0.337. The normalized spacial score (nSPS) is 12.6. The third kappa shape index (κ3) is 10.6. The number of aryl methyl sites for hydroxylation is 2. The van der Waals surface area contributed by atoms with Gasteiger partial charge in [-0.2, -0.15) is 0 Å². The van der Waals surface area contributed by atoms with Crippen LogP contribution in [0, 0.1) is 13.8 Å². The van der Waals surface area contributed by atoms with Crippen molar-refractivity contribution in [3.05, 3.63) is 70.8 Å². The summed E-state index contributed by atoms with van der Waals surface area (Å²) in [4.78, 5) is 54.5. The topological polar surface area (TPSA) is 114 Å². The second-order valence-corrected chi connectivity index (χ2v) is 11.0. The first kappa shape index (κ1) is 33.3. The van der Waals surface area contributed by atoms with Gasteiger partial charge < -0.3 is 25.0 Å². The molecule has 0 aliphatic rings. The van der Waals surface area contributed by atoms with Crippen molar-refractivity contribution in [2.24, 2.45) is 0 Å². The highest BCUT2D eigenvalue weighted by molar-refractivity contribution is 5.93. The van der Waals surface area contributed by atoms with Crippen molar-refractivity contribution in [3.63, 3.8) is 0 Å². The molecule has 0 aliphatic carbocycles. The molecule has 2 rings (SSSR count). The first-order valence-electron chi connectivity index (χ1n) is 14.2. The molecule has 0 radical (unpaired) electrons. The van der Waals surface area contributed by atoms with Crippen LogP contribution in [-0.2, 0) is 30.3 Å². The molecule has 0 heterocycles. The zero-order valence-electron chi connectivity index (χ0n) is 25.4. The lowest BCUT2D eigenvalue weighted by atomic mass is 9.93. The van der Waals surface area contributed by atoms with E-state index in [4.69, 9.17) is 9.47 Å². The predicted octanol–water partition coefficient (Wildman–Crippen LogP) is 4.79. The van der Waals surface area contributed by atoms with E-state index in [-0.39, 0.29) is 32.5 Å². The third-order valence-corrected chi connectivity index (χ3v) is 6.33. The van der Waals surface area contributed by atoms with E-state index in [0.717, 1.165) is 16.7 Å². The molecule has 2 aromatic carbocycles. The van der Waals surface area contributed by atoms with Gasteiger partial charge in [-0.15, -0.1) is 0 Å². The minimum absolute atomic E-state index is 0.0115. The summed E-state index contributed by atoms with van der Waals surface area (Å²) in [6.45, 7) is 13.3. The molecule has 0 saturated heterocycles. The molecule has 0 spiro atoms. The Bertz CT molecular complexity index is 1160. The number of carbonyl (C=O) groups is 4. The van der Waals surface area contributed by atoms with Gasteiger partial charge in [0.05, 0.1) is 13.0 Å². The molecule has 0 aliphatic heterocycles. The minimum atomic E-state index is -0.988. The van der Waals surface area contributed by atoms with E-state index in [1.54, 1.807) is 27.7 Å². The molecule has 0 aromatic heterocycles. The van der Waals surface area contributed by atoms with Crippen molar-refractivity contribution in [3.8, 4) is 0 Å². The van der Waals surface area contributed by atoms with Gasteiger partial charge in [0.2, 0.25) is 11.8 Å². The molecule has 224 valence electrons. The van der Waals surface area contributed by atoms with Crippen LogP contribution in [0.15, 0.2) is 48.5 Å². The van der Waals surface area contributed by atoms with Crippen molar-refractivity contribution in [1.29, 1.82) is 0 Å². The maximum atomic E-state index is 14.3. The van der Waals surface area contributed by atoms with Crippen LogP contribution < -0.4 is 10.6 Å². The van der Waals surface area contributed by atoms with Gasteiger partial charge in [0.1, 0.15) is 17.7 Å².